The van der Waals surface area contributed by atoms with E-state index in [1.54, 1.807) is 13.0 Å². The minimum Gasteiger partial charge on any atom is -0.478 e. The maximum atomic E-state index is 11.0. The van der Waals surface area contributed by atoms with Gasteiger partial charge < -0.3 is 15.3 Å². The Morgan fingerprint density at radius 1 is 1.53 bits per heavy atom. The Balaban J connectivity index is 2.39. The van der Waals surface area contributed by atoms with Gasteiger partial charge >= 0.3 is 5.97 Å². The van der Waals surface area contributed by atoms with E-state index in [4.69, 9.17) is 15.3 Å². The molecule has 0 aliphatic rings. The molecule has 88 valence electrons. The molecule has 0 aliphatic heterocycles. The molecule has 2 rings (SSSR count). The highest BCUT2D eigenvalue weighted by Crippen LogP contribution is 2.30. The van der Waals surface area contributed by atoms with Crippen LogP contribution in [-0.4, -0.2) is 16.1 Å². The number of aryl methyl sites for hydroxylation is 1. The van der Waals surface area contributed by atoms with Crippen molar-refractivity contribution in [3.63, 3.8) is 0 Å². The fourth-order valence-electron chi connectivity index (χ4n) is 1.36. The van der Waals surface area contributed by atoms with Crippen molar-refractivity contribution in [1.82, 2.24) is 4.98 Å². The van der Waals surface area contributed by atoms with Crippen LogP contribution in [0.25, 0.3) is 0 Å². The molecule has 0 saturated carbocycles. The number of carbonyl (C=O) groups is 1. The molecule has 1 aromatic carbocycles. The normalized spacial score (nSPS) is 10.4. The number of hydrogen-bond acceptors (Lipinski definition) is 5. The monoisotopic (exact) mass is 250 g/mol. The molecule has 0 radical (unpaired) electrons. The molecule has 0 saturated heterocycles. The number of benzene rings is 1. The van der Waals surface area contributed by atoms with E-state index in [0.717, 1.165) is 10.5 Å². The fourth-order valence-corrected chi connectivity index (χ4v) is 2.19. The highest BCUT2D eigenvalue weighted by molar-refractivity contribution is 7.99. The number of oxazole rings is 1. The van der Waals surface area contributed by atoms with E-state index in [1.165, 1.54) is 30.3 Å². The van der Waals surface area contributed by atoms with E-state index < -0.39 is 5.97 Å². The van der Waals surface area contributed by atoms with Gasteiger partial charge in [0, 0.05) is 10.6 Å². The first kappa shape index (κ1) is 11.5. The molecule has 3 N–H and O–H groups in total. The summed E-state index contributed by atoms with van der Waals surface area (Å²) in [7, 11) is 0. The Hall–Kier alpha value is -1.95. The van der Waals surface area contributed by atoms with Crippen molar-refractivity contribution < 1.29 is 14.3 Å². The van der Waals surface area contributed by atoms with Crippen molar-refractivity contribution in [2.24, 2.45) is 0 Å². The van der Waals surface area contributed by atoms with Crippen molar-refractivity contribution >= 4 is 23.4 Å². The van der Waals surface area contributed by atoms with Gasteiger partial charge in [0.15, 0.2) is 0 Å². The molecule has 17 heavy (non-hydrogen) atoms. The van der Waals surface area contributed by atoms with E-state index in [0.29, 0.717) is 5.22 Å². The zero-order valence-corrected chi connectivity index (χ0v) is 9.82. The number of hydrogen-bond donors (Lipinski definition) is 2. The highest BCUT2D eigenvalue weighted by atomic mass is 32.2. The molecule has 1 aromatic heterocycles. The zero-order valence-electron chi connectivity index (χ0n) is 9.01. The molecule has 1 heterocycles. The van der Waals surface area contributed by atoms with E-state index in [-0.39, 0.29) is 11.3 Å². The van der Waals surface area contributed by atoms with Gasteiger partial charge in [0.1, 0.15) is 6.26 Å². The molecular formula is C11H10N2O3S. The Bertz CT molecular complexity index is 552. The molecule has 5 nitrogen and oxygen atoms in total. The summed E-state index contributed by atoms with van der Waals surface area (Å²) in [5.41, 5.74) is 6.80. The average molecular weight is 250 g/mol. The Morgan fingerprint density at radius 3 is 2.88 bits per heavy atom. The molecule has 0 amide bonds. The van der Waals surface area contributed by atoms with Crippen molar-refractivity contribution in [2.45, 2.75) is 17.0 Å². The number of carboxylic acids is 1. The predicted octanol–water partition coefficient (Wildman–Crippen LogP) is 2.41. The molecule has 0 fully saturated rings. The van der Waals surface area contributed by atoms with Crippen molar-refractivity contribution in [3.8, 4) is 0 Å². The first-order valence-electron chi connectivity index (χ1n) is 4.78. The lowest BCUT2D eigenvalue weighted by Crippen LogP contribution is -2.04. The minimum absolute atomic E-state index is 0.0963. The van der Waals surface area contributed by atoms with Crippen LogP contribution < -0.4 is 5.73 Å². The summed E-state index contributed by atoms with van der Waals surface area (Å²) >= 11 is 1.25. The maximum absolute atomic E-state index is 11.0. The lowest BCUT2D eigenvalue weighted by atomic mass is 10.1. The standard InChI is InChI=1S/C11H10N2O3S/c1-6-4-7(17-11-13-2-3-16-11)5-8(9(6)12)10(14)15/h2-5H,12H2,1H3,(H,14,15). The molecule has 2 aromatic rings. The number of nitrogens with zero attached hydrogens (tertiary/aromatic N) is 1. The summed E-state index contributed by atoms with van der Waals surface area (Å²) in [5, 5.41) is 9.48. The van der Waals surface area contributed by atoms with Gasteiger partial charge in [-0.15, -0.1) is 0 Å². The van der Waals surface area contributed by atoms with Crippen LogP contribution in [0.1, 0.15) is 15.9 Å². The van der Waals surface area contributed by atoms with Gasteiger partial charge in [0.05, 0.1) is 11.8 Å². The zero-order chi connectivity index (χ0) is 12.4. The largest absolute Gasteiger partial charge is 0.478 e. The minimum atomic E-state index is -1.04. The third-order valence-corrected chi connectivity index (χ3v) is 3.05. The first-order valence-corrected chi connectivity index (χ1v) is 5.60. The molecule has 6 heteroatoms. The number of carboxylic acid groups (broad SMARTS) is 1. The second kappa shape index (κ2) is 4.50. The van der Waals surface area contributed by atoms with Crippen LogP contribution in [0.4, 0.5) is 5.69 Å². The van der Waals surface area contributed by atoms with E-state index in [1.807, 2.05) is 0 Å². The number of aromatic nitrogens is 1. The Labute approximate surface area is 102 Å². The van der Waals surface area contributed by atoms with Crippen LogP contribution in [-0.2, 0) is 0 Å². The second-order valence-electron chi connectivity index (χ2n) is 3.41. The molecule has 0 spiro atoms. The van der Waals surface area contributed by atoms with Crippen LogP contribution in [0.3, 0.4) is 0 Å². The topological polar surface area (TPSA) is 89.3 Å². The number of rotatable bonds is 3. The van der Waals surface area contributed by atoms with E-state index >= 15 is 0 Å². The molecule has 0 atom stereocenters. The summed E-state index contributed by atoms with van der Waals surface area (Å²) < 4.78 is 5.08. The average Bonchev–Trinajstić information content (AvgIpc) is 2.75. The fraction of sp³-hybridized carbons (Fsp3) is 0.0909. The SMILES string of the molecule is Cc1cc(Sc2ncco2)cc(C(=O)O)c1N. The second-order valence-corrected chi connectivity index (χ2v) is 4.43. The Kier molecular flexibility index (Phi) is 3.06. The van der Waals surface area contributed by atoms with E-state index in [2.05, 4.69) is 4.98 Å². The molecule has 0 bridgehead atoms. The van der Waals surface area contributed by atoms with Crippen LogP contribution in [0.2, 0.25) is 0 Å². The summed E-state index contributed by atoms with van der Waals surface area (Å²) in [5.74, 6) is -1.04. The Morgan fingerprint density at radius 2 is 2.29 bits per heavy atom. The smallest absolute Gasteiger partial charge is 0.337 e. The molecule has 0 unspecified atom stereocenters. The lowest BCUT2D eigenvalue weighted by molar-refractivity contribution is 0.0697. The molecule has 0 aliphatic carbocycles. The third kappa shape index (κ3) is 2.42. The van der Waals surface area contributed by atoms with Crippen molar-refractivity contribution in [1.29, 1.82) is 0 Å². The van der Waals surface area contributed by atoms with Gasteiger partial charge in [-0.1, -0.05) is 0 Å². The van der Waals surface area contributed by atoms with Gasteiger partial charge in [-0.2, -0.15) is 0 Å². The van der Waals surface area contributed by atoms with E-state index in [9.17, 15) is 4.79 Å². The summed E-state index contributed by atoms with van der Waals surface area (Å²) in [6.45, 7) is 1.77. The van der Waals surface area contributed by atoms with Gasteiger partial charge in [0.2, 0.25) is 0 Å². The predicted molar refractivity (Wildman–Crippen MR) is 63.2 cm³/mol. The van der Waals surface area contributed by atoms with Gasteiger partial charge in [-0.3, -0.25) is 0 Å². The number of anilines is 1. The quantitative estimate of drug-likeness (QED) is 0.813. The van der Waals surface area contributed by atoms with Crippen LogP contribution in [0, 0.1) is 6.92 Å². The lowest BCUT2D eigenvalue weighted by Gasteiger charge is -2.07. The number of nitrogens with two attached hydrogens (primary N) is 1. The maximum Gasteiger partial charge on any atom is 0.337 e. The number of aromatic carboxylic acids is 1. The van der Waals surface area contributed by atoms with Gasteiger partial charge in [-0.05, 0) is 36.4 Å². The van der Waals surface area contributed by atoms with Crippen LogP contribution >= 0.6 is 11.8 Å². The number of nitrogen functional groups attached to an aromatic ring is 1. The summed E-state index contributed by atoms with van der Waals surface area (Å²) in [4.78, 5) is 15.7. The highest BCUT2D eigenvalue weighted by Gasteiger charge is 2.13. The van der Waals surface area contributed by atoms with Gasteiger partial charge in [-0.25, -0.2) is 9.78 Å². The van der Waals surface area contributed by atoms with Crippen LogP contribution in [0.15, 0.2) is 39.1 Å². The van der Waals surface area contributed by atoms with Crippen molar-refractivity contribution in [2.75, 3.05) is 5.73 Å². The summed E-state index contributed by atoms with van der Waals surface area (Å²) in [6.07, 6.45) is 3.00. The van der Waals surface area contributed by atoms with Crippen LogP contribution in [0.5, 0.6) is 0 Å². The first-order chi connectivity index (χ1) is 8.08. The van der Waals surface area contributed by atoms with Crippen molar-refractivity contribution in [3.05, 3.63) is 35.7 Å². The third-order valence-electron chi connectivity index (χ3n) is 2.21. The molecular weight excluding hydrogens is 240 g/mol. The van der Waals surface area contributed by atoms with Gasteiger partial charge in [0.25, 0.3) is 5.22 Å². The summed E-state index contributed by atoms with van der Waals surface area (Å²) in [6, 6.07) is 3.32.